The van der Waals surface area contributed by atoms with Gasteiger partial charge in [-0.1, -0.05) is 19.0 Å². The maximum absolute atomic E-state index is 13.9. The van der Waals surface area contributed by atoms with Crippen molar-refractivity contribution in [3.63, 3.8) is 0 Å². The van der Waals surface area contributed by atoms with Crippen LogP contribution in [0.15, 0.2) is 45.7 Å². The average molecular weight is 454 g/mol. The van der Waals surface area contributed by atoms with Crippen LogP contribution in [-0.2, 0) is 5.41 Å². The first kappa shape index (κ1) is 23.5. The van der Waals surface area contributed by atoms with E-state index in [1.54, 1.807) is 6.92 Å². The molecule has 32 heavy (non-hydrogen) atoms. The Morgan fingerprint density at radius 3 is 2.44 bits per heavy atom. The lowest BCUT2D eigenvalue weighted by Crippen LogP contribution is -2.53. The first-order valence-corrected chi connectivity index (χ1v) is 9.66. The molecule has 0 saturated carbocycles. The van der Waals surface area contributed by atoms with Crippen molar-refractivity contribution in [2.45, 2.75) is 44.4 Å². The third kappa shape index (κ3) is 4.55. The van der Waals surface area contributed by atoms with Crippen LogP contribution in [-0.4, -0.2) is 33.7 Å². The van der Waals surface area contributed by atoms with E-state index < -0.39 is 41.6 Å². The number of phenolic OH excluding ortho intramolecular Hbond substituents is 1. The fraction of sp³-hybridized carbons (Fsp3) is 0.364. The minimum absolute atomic E-state index is 0.0562. The van der Waals surface area contributed by atoms with Crippen LogP contribution in [0.1, 0.15) is 31.5 Å². The minimum atomic E-state index is -5.03. The summed E-state index contributed by atoms with van der Waals surface area (Å²) in [6.45, 7) is 3.41. The number of halogens is 4. The van der Waals surface area contributed by atoms with Crippen molar-refractivity contribution in [1.29, 1.82) is 0 Å². The smallest absolute Gasteiger partial charge is 0.418 e. The van der Waals surface area contributed by atoms with Crippen LogP contribution in [0.2, 0.25) is 0 Å². The maximum atomic E-state index is 13.9. The third-order valence-corrected chi connectivity index (χ3v) is 5.43. The molecule has 0 radical (unpaired) electrons. The van der Waals surface area contributed by atoms with Gasteiger partial charge in [0.2, 0.25) is 0 Å². The Balaban J connectivity index is 1.91. The summed E-state index contributed by atoms with van der Waals surface area (Å²) in [6.07, 6.45) is -5.89. The van der Waals surface area contributed by atoms with Crippen molar-refractivity contribution in [1.82, 2.24) is 5.16 Å². The van der Waals surface area contributed by atoms with Gasteiger partial charge in [0.15, 0.2) is 5.60 Å². The highest BCUT2D eigenvalue weighted by Gasteiger charge is 2.56. The zero-order valence-electron chi connectivity index (χ0n) is 17.5. The molecule has 1 aromatic heterocycles. The lowest BCUT2D eigenvalue weighted by Gasteiger charge is -2.38. The molecule has 1 atom stereocenters. The van der Waals surface area contributed by atoms with E-state index in [9.17, 15) is 32.6 Å². The number of aromatic hydroxyl groups is 1. The first-order valence-electron chi connectivity index (χ1n) is 9.66. The Kier molecular flexibility index (Phi) is 5.94. The highest BCUT2D eigenvalue weighted by atomic mass is 19.4. The summed E-state index contributed by atoms with van der Waals surface area (Å²) in [4.78, 5) is 11.7. The predicted octanol–water partition coefficient (Wildman–Crippen LogP) is 4.41. The molecule has 1 heterocycles. The highest BCUT2D eigenvalue weighted by Crippen LogP contribution is 2.43. The third-order valence-electron chi connectivity index (χ3n) is 5.43. The van der Waals surface area contributed by atoms with E-state index in [2.05, 4.69) is 15.0 Å². The Labute approximate surface area is 180 Å². The van der Waals surface area contributed by atoms with Gasteiger partial charge in [0.1, 0.15) is 11.6 Å². The number of aliphatic hydroxyl groups is 1. The number of nitrogens with one attached hydrogen (secondary N) is 1. The number of anilines is 1. The van der Waals surface area contributed by atoms with Gasteiger partial charge in [-0.25, -0.2) is 9.18 Å². The lowest BCUT2D eigenvalue weighted by atomic mass is 9.74. The van der Waals surface area contributed by atoms with Crippen LogP contribution < -0.4 is 10.9 Å². The summed E-state index contributed by atoms with van der Waals surface area (Å²) < 4.78 is 60.0. The number of nitrogens with zero attached hydrogens (tertiary/aromatic N) is 1. The summed E-state index contributed by atoms with van der Waals surface area (Å²) in [7, 11) is 0. The molecule has 0 aliphatic rings. The van der Waals surface area contributed by atoms with Gasteiger partial charge in [0, 0.05) is 16.6 Å². The van der Waals surface area contributed by atoms with Crippen molar-refractivity contribution in [3.8, 4) is 5.75 Å². The van der Waals surface area contributed by atoms with Gasteiger partial charge >= 0.3 is 11.8 Å². The zero-order valence-corrected chi connectivity index (χ0v) is 17.5. The fourth-order valence-corrected chi connectivity index (χ4v) is 3.73. The zero-order chi connectivity index (χ0) is 23.9. The quantitative estimate of drug-likeness (QED) is 0.478. The minimum Gasteiger partial charge on any atom is -0.508 e. The number of fused-ring (bicyclic) bond motifs is 1. The monoisotopic (exact) mass is 454 g/mol. The molecule has 0 aliphatic carbocycles. The molecule has 3 rings (SSSR count). The summed E-state index contributed by atoms with van der Waals surface area (Å²) in [6, 6.07) is 7.21. The topological polar surface area (TPSA) is 95.6 Å². The number of aromatic nitrogens is 1. The molecule has 0 saturated heterocycles. The number of benzene rings is 2. The fourth-order valence-electron chi connectivity index (χ4n) is 3.73. The molecule has 172 valence electrons. The molecule has 0 spiro atoms. The highest BCUT2D eigenvalue weighted by molar-refractivity contribution is 5.86. The van der Waals surface area contributed by atoms with Crippen LogP contribution in [0.3, 0.4) is 0 Å². The maximum Gasteiger partial charge on any atom is 0.418 e. The van der Waals surface area contributed by atoms with E-state index in [1.165, 1.54) is 32.0 Å². The number of alkyl halides is 3. The van der Waals surface area contributed by atoms with Crippen LogP contribution in [0.4, 0.5) is 23.2 Å². The normalized spacial score (nSPS) is 14.4. The van der Waals surface area contributed by atoms with E-state index >= 15 is 0 Å². The Hall–Kier alpha value is -3.14. The largest absolute Gasteiger partial charge is 0.508 e. The molecule has 0 amide bonds. The Morgan fingerprint density at radius 2 is 1.78 bits per heavy atom. The van der Waals surface area contributed by atoms with Gasteiger partial charge in [-0.15, -0.1) is 0 Å². The first-order chi connectivity index (χ1) is 14.7. The number of hydrogen-bond donors (Lipinski definition) is 3. The SMILES string of the molecule is Cc1noc(=O)c2ccc(NCC(O)(CC(C)(C)c3cc(F)ccc3O)C(F)(F)F)cc12. The molecule has 10 heteroatoms. The second-order valence-corrected chi connectivity index (χ2v) is 8.42. The van der Waals surface area contributed by atoms with Crippen LogP contribution >= 0.6 is 0 Å². The van der Waals surface area contributed by atoms with Crippen LogP contribution in [0.5, 0.6) is 5.75 Å². The average Bonchev–Trinajstić information content (AvgIpc) is 2.70. The van der Waals surface area contributed by atoms with Gasteiger partial charge in [0.25, 0.3) is 0 Å². The number of aryl methyl sites for hydroxylation is 1. The van der Waals surface area contributed by atoms with Gasteiger partial charge in [-0.2, -0.15) is 13.2 Å². The van der Waals surface area contributed by atoms with Gasteiger partial charge < -0.3 is 20.1 Å². The Bertz CT molecular complexity index is 1210. The van der Waals surface area contributed by atoms with Crippen molar-refractivity contribution in [3.05, 3.63) is 63.9 Å². The number of rotatable bonds is 6. The molecule has 0 aliphatic heterocycles. The summed E-state index contributed by atoms with van der Waals surface area (Å²) in [5.74, 6) is -1.09. The number of phenols is 1. The molecule has 3 aromatic rings. The van der Waals surface area contributed by atoms with E-state index in [4.69, 9.17) is 0 Å². The Morgan fingerprint density at radius 1 is 1.09 bits per heavy atom. The molecule has 6 nitrogen and oxygen atoms in total. The van der Waals surface area contributed by atoms with Gasteiger partial charge in [-0.05, 0) is 55.2 Å². The molecule has 3 N–H and O–H groups in total. The van der Waals surface area contributed by atoms with Crippen molar-refractivity contribution >= 4 is 16.5 Å². The summed E-state index contributed by atoms with van der Waals surface area (Å²) >= 11 is 0. The second kappa shape index (κ2) is 8.09. The van der Waals surface area contributed by atoms with E-state index in [0.717, 1.165) is 18.2 Å². The molecular formula is C22H22F4N2O4. The second-order valence-electron chi connectivity index (χ2n) is 8.42. The summed E-state index contributed by atoms with van der Waals surface area (Å²) in [5.41, 5.74) is -4.78. The number of hydrogen-bond acceptors (Lipinski definition) is 6. The van der Waals surface area contributed by atoms with Crippen LogP contribution in [0.25, 0.3) is 10.8 Å². The summed E-state index contributed by atoms with van der Waals surface area (Å²) in [5, 5.41) is 27.5. The molecule has 1 unspecified atom stereocenters. The van der Waals surface area contributed by atoms with E-state index in [-0.39, 0.29) is 22.4 Å². The van der Waals surface area contributed by atoms with Crippen molar-refractivity contribution in [2.24, 2.45) is 0 Å². The van der Waals surface area contributed by atoms with E-state index in [0.29, 0.717) is 11.1 Å². The van der Waals surface area contributed by atoms with Gasteiger partial charge in [0.05, 0.1) is 17.6 Å². The molecule has 0 fully saturated rings. The lowest BCUT2D eigenvalue weighted by molar-refractivity contribution is -0.260. The van der Waals surface area contributed by atoms with E-state index in [1.807, 2.05) is 0 Å². The standard InChI is InChI=1S/C22H22F4N2O4/c1-12-16-9-14(5-6-15(16)19(30)32-28-12)27-11-21(31,22(24,25)26)10-20(2,3)17-8-13(23)4-7-18(17)29/h4-9,27,29,31H,10-11H2,1-3H3. The molecule has 0 bridgehead atoms. The van der Waals surface area contributed by atoms with Crippen molar-refractivity contribution < 1.29 is 32.3 Å². The molecular weight excluding hydrogens is 432 g/mol. The molecule has 2 aromatic carbocycles. The van der Waals surface area contributed by atoms with Gasteiger partial charge in [-0.3, -0.25) is 0 Å². The van der Waals surface area contributed by atoms with Crippen molar-refractivity contribution in [2.75, 3.05) is 11.9 Å². The van der Waals surface area contributed by atoms with Crippen LogP contribution in [0, 0.1) is 12.7 Å². The predicted molar refractivity (Wildman–Crippen MR) is 110 cm³/mol.